The van der Waals surface area contributed by atoms with Gasteiger partial charge in [-0.05, 0) is 24.0 Å². The highest BCUT2D eigenvalue weighted by atomic mass is 16.3. The Morgan fingerprint density at radius 1 is 0.920 bits per heavy atom. The highest BCUT2D eigenvalue weighted by Gasteiger charge is 2.39. The third-order valence-corrected chi connectivity index (χ3v) is 4.10. The van der Waals surface area contributed by atoms with Crippen LogP contribution in [0.5, 0.6) is 0 Å². The summed E-state index contributed by atoms with van der Waals surface area (Å²) in [5.74, 6) is -0.547. The molecular formula is C21H26N2O2. The Kier molecular flexibility index (Phi) is 6.90. The maximum Gasteiger partial charge on any atom is 0.281 e. The molecule has 2 aromatic rings. The van der Waals surface area contributed by atoms with E-state index < -0.39 is 11.5 Å². The summed E-state index contributed by atoms with van der Waals surface area (Å²) in [7, 11) is 0. The molecule has 1 amide bonds. The van der Waals surface area contributed by atoms with Gasteiger partial charge in [0.1, 0.15) is 0 Å². The van der Waals surface area contributed by atoms with Crippen molar-refractivity contribution in [1.29, 1.82) is 0 Å². The standard InChI is InChI=1S/C21H26N2O2/c1-3-11-19(12-4-2)22-23-20(24)21(25,17-13-7-5-8-14-17)18-15-9-6-10-16-18/h5-10,13-16,25H,3-4,11-12H2,1-2H3,(H,23,24). The first-order valence-corrected chi connectivity index (χ1v) is 8.82. The van der Waals surface area contributed by atoms with E-state index in [2.05, 4.69) is 24.4 Å². The Morgan fingerprint density at radius 3 is 1.76 bits per heavy atom. The molecule has 4 nitrogen and oxygen atoms in total. The van der Waals surface area contributed by atoms with Gasteiger partial charge in [0.25, 0.3) is 5.91 Å². The summed E-state index contributed by atoms with van der Waals surface area (Å²) in [6, 6.07) is 17.9. The largest absolute Gasteiger partial charge is 0.372 e. The Morgan fingerprint density at radius 2 is 1.36 bits per heavy atom. The van der Waals surface area contributed by atoms with Crippen molar-refractivity contribution in [3.63, 3.8) is 0 Å². The van der Waals surface area contributed by atoms with Gasteiger partial charge in [0, 0.05) is 5.71 Å². The van der Waals surface area contributed by atoms with E-state index in [1.54, 1.807) is 48.5 Å². The first kappa shape index (κ1) is 18.9. The van der Waals surface area contributed by atoms with Crippen molar-refractivity contribution in [2.45, 2.75) is 45.1 Å². The van der Waals surface area contributed by atoms with Crippen LogP contribution in [0.1, 0.15) is 50.7 Å². The van der Waals surface area contributed by atoms with Gasteiger partial charge in [-0.2, -0.15) is 5.10 Å². The summed E-state index contributed by atoms with van der Waals surface area (Å²) in [4.78, 5) is 12.9. The van der Waals surface area contributed by atoms with Crippen LogP contribution >= 0.6 is 0 Å². The zero-order valence-corrected chi connectivity index (χ0v) is 14.9. The van der Waals surface area contributed by atoms with Gasteiger partial charge in [0.05, 0.1) is 0 Å². The number of amides is 1. The average molecular weight is 338 g/mol. The second-order valence-electron chi connectivity index (χ2n) is 6.06. The quantitative estimate of drug-likeness (QED) is 0.564. The Hall–Kier alpha value is -2.46. The number of carbonyl (C=O) groups excluding carboxylic acids is 1. The molecule has 2 N–H and O–H groups in total. The van der Waals surface area contributed by atoms with E-state index in [-0.39, 0.29) is 0 Å². The predicted octanol–water partition coefficient (Wildman–Crippen LogP) is 3.99. The normalized spacial score (nSPS) is 11.0. The number of nitrogens with one attached hydrogen (secondary N) is 1. The van der Waals surface area contributed by atoms with Crippen LogP contribution in [-0.2, 0) is 10.4 Å². The summed E-state index contributed by atoms with van der Waals surface area (Å²) in [6.07, 6.45) is 3.61. The number of carbonyl (C=O) groups is 1. The number of hydrazone groups is 1. The molecule has 2 aromatic carbocycles. The fraction of sp³-hybridized carbons (Fsp3) is 0.333. The third-order valence-electron chi connectivity index (χ3n) is 4.10. The molecule has 0 heterocycles. The third kappa shape index (κ3) is 4.54. The smallest absolute Gasteiger partial charge is 0.281 e. The zero-order valence-electron chi connectivity index (χ0n) is 14.9. The van der Waals surface area contributed by atoms with Crippen LogP contribution < -0.4 is 5.43 Å². The maximum absolute atomic E-state index is 12.9. The summed E-state index contributed by atoms with van der Waals surface area (Å²) >= 11 is 0. The van der Waals surface area contributed by atoms with Gasteiger partial charge in [-0.1, -0.05) is 87.4 Å². The Labute approximate surface area is 149 Å². The monoisotopic (exact) mass is 338 g/mol. The van der Waals surface area contributed by atoms with E-state index in [4.69, 9.17) is 0 Å². The predicted molar refractivity (Wildman–Crippen MR) is 101 cm³/mol. The average Bonchev–Trinajstić information content (AvgIpc) is 2.67. The topological polar surface area (TPSA) is 61.7 Å². The second-order valence-corrected chi connectivity index (χ2v) is 6.06. The number of aliphatic hydroxyl groups is 1. The van der Waals surface area contributed by atoms with Crippen molar-refractivity contribution < 1.29 is 9.90 Å². The Bertz CT molecular complexity index is 649. The molecular weight excluding hydrogens is 312 g/mol. The first-order valence-electron chi connectivity index (χ1n) is 8.82. The van der Waals surface area contributed by atoms with E-state index in [0.717, 1.165) is 31.4 Å². The molecule has 0 atom stereocenters. The number of benzene rings is 2. The van der Waals surface area contributed by atoms with Crippen LogP contribution in [0.4, 0.5) is 0 Å². The molecule has 0 spiro atoms. The lowest BCUT2D eigenvalue weighted by atomic mass is 9.85. The van der Waals surface area contributed by atoms with Crippen molar-refractivity contribution >= 4 is 11.6 Å². The summed E-state index contributed by atoms with van der Waals surface area (Å²) in [5, 5.41) is 15.6. The number of hydrogen-bond acceptors (Lipinski definition) is 3. The lowest BCUT2D eigenvalue weighted by Crippen LogP contribution is -2.43. The lowest BCUT2D eigenvalue weighted by molar-refractivity contribution is -0.136. The molecule has 4 heteroatoms. The second kappa shape index (κ2) is 9.14. The van der Waals surface area contributed by atoms with E-state index in [9.17, 15) is 9.90 Å². The zero-order chi connectivity index (χ0) is 18.1. The highest BCUT2D eigenvalue weighted by molar-refractivity contribution is 5.92. The number of nitrogens with zero attached hydrogens (tertiary/aromatic N) is 1. The van der Waals surface area contributed by atoms with Crippen LogP contribution in [0, 0.1) is 0 Å². The van der Waals surface area contributed by atoms with E-state index in [0.29, 0.717) is 11.1 Å². The van der Waals surface area contributed by atoms with Gasteiger partial charge in [-0.3, -0.25) is 4.79 Å². The van der Waals surface area contributed by atoms with Crippen LogP contribution in [0.3, 0.4) is 0 Å². The van der Waals surface area contributed by atoms with Crippen molar-refractivity contribution in [3.05, 3.63) is 71.8 Å². The summed E-state index contributed by atoms with van der Waals surface area (Å²) in [5.41, 5.74) is 2.78. The molecule has 0 unspecified atom stereocenters. The lowest BCUT2D eigenvalue weighted by Gasteiger charge is -2.27. The first-order chi connectivity index (χ1) is 12.1. The molecule has 0 aromatic heterocycles. The van der Waals surface area contributed by atoms with Crippen LogP contribution in [0.15, 0.2) is 65.8 Å². The molecule has 0 saturated heterocycles. The fourth-order valence-corrected chi connectivity index (χ4v) is 2.81. The molecule has 0 aliphatic rings. The van der Waals surface area contributed by atoms with Crippen LogP contribution in [0.2, 0.25) is 0 Å². The molecule has 0 aliphatic carbocycles. The SMILES string of the molecule is CCCC(CCC)=NNC(=O)C(O)(c1ccccc1)c1ccccc1. The van der Waals surface area contributed by atoms with E-state index in [1.807, 2.05) is 12.1 Å². The number of rotatable bonds is 8. The highest BCUT2D eigenvalue weighted by Crippen LogP contribution is 2.29. The van der Waals surface area contributed by atoms with Crippen LogP contribution in [0.25, 0.3) is 0 Å². The maximum atomic E-state index is 12.9. The molecule has 2 rings (SSSR count). The summed E-state index contributed by atoms with van der Waals surface area (Å²) < 4.78 is 0. The molecule has 0 aliphatic heterocycles. The fourth-order valence-electron chi connectivity index (χ4n) is 2.81. The number of hydrogen-bond donors (Lipinski definition) is 2. The molecule has 0 radical (unpaired) electrons. The Balaban J connectivity index is 2.36. The van der Waals surface area contributed by atoms with Crippen molar-refractivity contribution in [1.82, 2.24) is 5.43 Å². The molecule has 0 bridgehead atoms. The van der Waals surface area contributed by atoms with Gasteiger partial charge in [0.2, 0.25) is 0 Å². The van der Waals surface area contributed by atoms with E-state index >= 15 is 0 Å². The van der Waals surface area contributed by atoms with E-state index in [1.165, 1.54) is 0 Å². The van der Waals surface area contributed by atoms with Crippen molar-refractivity contribution in [3.8, 4) is 0 Å². The minimum Gasteiger partial charge on any atom is -0.372 e. The van der Waals surface area contributed by atoms with Gasteiger partial charge in [-0.25, -0.2) is 5.43 Å². The minimum atomic E-state index is -1.78. The van der Waals surface area contributed by atoms with Crippen LogP contribution in [-0.4, -0.2) is 16.7 Å². The van der Waals surface area contributed by atoms with Gasteiger partial charge < -0.3 is 5.11 Å². The minimum absolute atomic E-state index is 0.515. The molecule has 132 valence electrons. The van der Waals surface area contributed by atoms with Gasteiger partial charge >= 0.3 is 0 Å². The molecule has 0 fully saturated rings. The van der Waals surface area contributed by atoms with Crippen molar-refractivity contribution in [2.24, 2.45) is 5.10 Å². The van der Waals surface area contributed by atoms with Gasteiger partial charge in [0.15, 0.2) is 5.60 Å². The molecule has 0 saturated carbocycles. The summed E-state index contributed by atoms with van der Waals surface area (Å²) in [6.45, 7) is 4.16. The molecule has 25 heavy (non-hydrogen) atoms. The van der Waals surface area contributed by atoms with Gasteiger partial charge in [-0.15, -0.1) is 0 Å². The van der Waals surface area contributed by atoms with Crippen molar-refractivity contribution in [2.75, 3.05) is 0 Å².